The van der Waals surface area contributed by atoms with E-state index in [-0.39, 0.29) is 91.3 Å². The van der Waals surface area contributed by atoms with Crippen molar-refractivity contribution in [2.45, 2.75) is 77.2 Å². The summed E-state index contributed by atoms with van der Waals surface area (Å²) in [6.45, 7) is 2.16. The number of aliphatic hydroxyl groups excluding tert-OH is 1. The number of unbranched alkanes of at least 4 members (excludes halogenated alkanes) is 8. The SMILES string of the molecule is CCCCCCCCCCCC(=O)N(CCO)CCNC(C(=O)[O-])C(=O)[O-].[Na+].[Na+]. The molecule has 0 spiro atoms. The molecule has 8 nitrogen and oxygen atoms in total. The number of aliphatic hydroxyl groups is 1. The minimum absolute atomic E-state index is 0. The molecule has 0 heterocycles. The molecule has 0 fully saturated rings. The Labute approximate surface area is 218 Å². The molecule has 0 aromatic carbocycles. The summed E-state index contributed by atoms with van der Waals surface area (Å²) in [5.41, 5.74) is 0. The summed E-state index contributed by atoms with van der Waals surface area (Å²) in [6.07, 6.45) is 10.7. The topological polar surface area (TPSA) is 133 Å². The Morgan fingerprint density at radius 3 is 1.79 bits per heavy atom. The van der Waals surface area contributed by atoms with Crippen molar-refractivity contribution < 1.29 is 88.8 Å². The second kappa shape index (κ2) is 23.0. The van der Waals surface area contributed by atoms with Gasteiger partial charge in [-0.25, -0.2) is 0 Å². The molecule has 0 saturated heterocycles. The van der Waals surface area contributed by atoms with Gasteiger partial charge in [0, 0.05) is 26.1 Å². The quantitative estimate of drug-likeness (QED) is 0.125. The summed E-state index contributed by atoms with van der Waals surface area (Å²) < 4.78 is 0. The molecule has 2 N–H and O–H groups in total. The first-order chi connectivity index (χ1) is 12.9. The van der Waals surface area contributed by atoms with E-state index in [4.69, 9.17) is 5.11 Å². The number of amides is 1. The van der Waals surface area contributed by atoms with E-state index in [2.05, 4.69) is 12.2 Å². The van der Waals surface area contributed by atoms with E-state index in [9.17, 15) is 24.6 Å². The summed E-state index contributed by atoms with van der Waals surface area (Å²) in [5.74, 6) is -3.71. The number of nitrogens with zero attached hydrogens (tertiary/aromatic N) is 1. The number of carboxylic acid groups (broad SMARTS) is 2. The minimum atomic E-state index is -1.92. The first-order valence-electron chi connectivity index (χ1n) is 9.97. The van der Waals surface area contributed by atoms with Gasteiger partial charge in [0.1, 0.15) is 0 Å². The maximum absolute atomic E-state index is 12.2. The zero-order chi connectivity index (χ0) is 20.5. The van der Waals surface area contributed by atoms with E-state index in [1.807, 2.05) is 0 Å². The van der Waals surface area contributed by atoms with Crippen LogP contribution in [0.1, 0.15) is 71.1 Å². The molecule has 0 unspecified atom stereocenters. The second-order valence-electron chi connectivity index (χ2n) is 6.71. The molecule has 158 valence electrons. The number of nitrogens with one attached hydrogen (secondary N) is 1. The molecular formula is C19H34N2Na2O6. The van der Waals surface area contributed by atoms with Gasteiger partial charge < -0.3 is 35.1 Å². The molecule has 0 rings (SSSR count). The third kappa shape index (κ3) is 18.8. The molecule has 0 bridgehead atoms. The molecule has 0 aliphatic rings. The van der Waals surface area contributed by atoms with Crippen molar-refractivity contribution in [2.24, 2.45) is 0 Å². The van der Waals surface area contributed by atoms with Crippen molar-refractivity contribution in [1.29, 1.82) is 0 Å². The van der Waals surface area contributed by atoms with Crippen molar-refractivity contribution in [2.75, 3.05) is 26.2 Å². The largest absolute Gasteiger partial charge is 1.00 e. The molecule has 10 heteroatoms. The van der Waals surface area contributed by atoms with Crippen LogP contribution in [-0.2, 0) is 14.4 Å². The molecule has 0 atom stereocenters. The predicted molar refractivity (Wildman–Crippen MR) is 97.3 cm³/mol. The van der Waals surface area contributed by atoms with E-state index in [1.165, 1.54) is 43.4 Å². The van der Waals surface area contributed by atoms with Crippen LogP contribution in [0.4, 0.5) is 0 Å². The summed E-state index contributed by atoms with van der Waals surface area (Å²) >= 11 is 0. The van der Waals surface area contributed by atoms with Gasteiger partial charge in [-0.15, -0.1) is 0 Å². The maximum atomic E-state index is 12.2. The van der Waals surface area contributed by atoms with Crippen LogP contribution in [0.25, 0.3) is 0 Å². The molecule has 0 aromatic heterocycles. The average molecular weight is 432 g/mol. The number of hydrogen-bond acceptors (Lipinski definition) is 7. The average Bonchev–Trinajstić information content (AvgIpc) is 2.62. The number of carbonyl (C=O) groups excluding carboxylic acids is 3. The Bertz CT molecular complexity index is 427. The van der Waals surface area contributed by atoms with Gasteiger partial charge in [0.25, 0.3) is 0 Å². The van der Waals surface area contributed by atoms with Gasteiger partial charge in [-0.2, -0.15) is 0 Å². The van der Waals surface area contributed by atoms with Gasteiger partial charge in [-0.3, -0.25) is 4.79 Å². The van der Waals surface area contributed by atoms with Crippen molar-refractivity contribution in [1.82, 2.24) is 10.2 Å². The van der Waals surface area contributed by atoms with Crippen LogP contribution in [0.3, 0.4) is 0 Å². The number of carboxylic acids is 2. The van der Waals surface area contributed by atoms with Gasteiger partial charge in [-0.1, -0.05) is 58.3 Å². The molecule has 0 aliphatic carbocycles. The van der Waals surface area contributed by atoms with Gasteiger partial charge in [0.15, 0.2) is 0 Å². The van der Waals surface area contributed by atoms with Crippen molar-refractivity contribution in [3.05, 3.63) is 0 Å². The zero-order valence-electron chi connectivity index (χ0n) is 18.4. The van der Waals surface area contributed by atoms with Gasteiger partial charge >= 0.3 is 59.1 Å². The summed E-state index contributed by atoms with van der Waals surface area (Å²) in [4.78, 5) is 34.9. The Hall–Kier alpha value is 0.330. The van der Waals surface area contributed by atoms with Crippen molar-refractivity contribution in [3.63, 3.8) is 0 Å². The van der Waals surface area contributed by atoms with E-state index < -0.39 is 18.0 Å². The third-order valence-electron chi connectivity index (χ3n) is 4.42. The molecule has 0 aliphatic heterocycles. The van der Waals surface area contributed by atoms with Crippen LogP contribution >= 0.6 is 0 Å². The number of carbonyl (C=O) groups is 3. The molecule has 29 heavy (non-hydrogen) atoms. The fraction of sp³-hybridized carbons (Fsp3) is 0.842. The van der Waals surface area contributed by atoms with E-state index in [0.29, 0.717) is 6.42 Å². The summed E-state index contributed by atoms with van der Waals surface area (Å²) in [5, 5.41) is 32.7. The Balaban J connectivity index is -0.00000338. The zero-order valence-corrected chi connectivity index (χ0v) is 22.4. The van der Waals surface area contributed by atoms with Crippen molar-refractivity contribution in [3.8, 4) is 0 Å². The number of hydrogen-bond donors (Lipinski definition) is 2. The van der Waals surface area contributed by atoms with Crippen LogP contribution in [-0.4, -0.2) is 60.1 Å². The Morgan fingerprint density at radius 1 is 0.862 bits per heavy atom. The van der Waals surface area contributed by atoms with E-state index in [1.54, 1.807) is 0 Å². The fourth-order valence-electron chi connectivity index (χ4n) is 2.83. The number of rotatable bonds is 18. The van der Waals surface area contributed by atoms with E-state index in [0.717, 1.165) is 19.3 Å². The predicted octanol–water partition coefficient (Wildman–Crippen LogP) is -6.81. The normalized spacial score (nSPS) is 10.2. The first kappa shape index (κ1) is 34.0. The van der Waals surface area contributed by atoms with Gasteiger partial charge in [0.05, 0.1) is 24.6 Å². The van der Waals surface area contributed by atoms with Crippen LogP contribution in [0.15, 0.2) is 0 Å². The minimum Gasteiger partial charge on any atom is -0.548 e. The summed E-state index contributed by atoms with van der Waals surface area (Å²) in [6, 6.07) is -1.92. The van der Waals surface area contributed by atoms with Crippen molar-refractivity contribution >= 4 is 17.8 Å². The first-order valence-corrected chi connectivity index (χ1v) is 9.97. The second-order valence-corrected chi connectivity index (χ2v) is 6.71. The van der Waals surface area contributed by atoms with E-state index >= 15 is 0 Å². The van der Waals surface area contributed by atoms with Crippen LogP contribution in [0, 0.1) is 0 Å². The Kier molecular flexibility index (Phi) is 26.9. The standard InChI is InChI=1S/C19H36N2O6.2Na/c1-2-3-4-5-6-7-8-9-10-11-16(23)21(14-15-22)13-12-20-17(18(24)25)19(26)27;;/h17,20,22H,2-15H2,1H3,(H,24,25)(H,26,27);;/q;2*+1/p-2. The smallest absolute Gasteiger partial charge is 0.548 e. The molecule has 0 aromatic rings. The van der Waals surface area contributed by atoms with Gasteiger partial charge in [-0.05, 0) is 6.42 Å². The van der Waals surface area contributed by atoms with Crippen LogP contribution in [0.2, 0.25) is 0 Å². The van der Waals surface area contributed by atoms with Gasteiger partial charge in [0.2, 0.25) is 5.91 Å². The summed E-state index contributed by atoms with van der Waals surface area (Å²) in [7, 11) is 0. The fourth-order valence-corrected chi connectivity index (χ4v) is 2.83. The molecule has 0 saturated carbocycles. The monoisotopic (exact) mass is 432 g/mol. The molecule has 1 amide bonds. The third-order valence-corrected chi connectivity index (χ3v) is 4.42. The maximum Gasteiger partial charge on any atom is 1.00 e. The van der Waals surface area contributed by atoms with Crippen LogP contribution in [0.5, 0.6) is 0 Å². The van der Waals surface area contributed by atoms with Crippen LogP contribution < -0.4 is 74.6 Å². The molecular weight excluding hydrogens is 398 g/mol. The molecule has 0 radical (unpaired) electrons. The number of aliphatic carboxylic acids is 2. The Morgan fingerprint density at radius 2 is 1.34 bits per heavy atom.